The molecule has 3 heterocycles. The van der Waals surface area contributed by atoms with Crippen LogP contribution in [0, 0.1) is 0 Å². The van der Waals surface area contributed by atoms with E-state index in [1.54, 1.807) is 4.90 Å². The van der Waals surface area contributed by atoms with Crippen LogP contribution in [0.1, 0.15) is 67.4 Å². The summed E-state index contributed by atoms with van der Waals surface area (Å²) in [6.07, 6.45) is 4.12. The summed E-state index contributed by atoms with van der Waals surface area (Å²) in [7, 11) is 0. The van der Waals surface area contributed by atoms with Gasteiger partial charge in [0.15, 0.2) is 0 Å². The molecule has 0 spiro atoms. The monoisotopic (exact) mass is 412 g/mol. The molecule has 2 unspecified atom stereocenters. The molecular weight excluding hydrogens is 380 g/mol. The van der Waals surface area contributed by atoms with Crippen LogP contribution in [0.2, 0.25) is 0 Å². The molecule has 2 N–H and O–H groups in total. The number of hydrogen-bond donors (Lipinski definition) is 2. The molecular formula is C23H32N4O3. The predicted octanol–water partition coefficient (Wildman–Crippen LogP) is 1.80. The van der Waals surface area contributed by atoms with Gasteiger partial charge < -0.3 is 10.2 Å². The minimum atomic E-state index is -0.565. The second-order valence-electron chi connectivity index (χ2n) is 8.95. The molecule has 1 aromatic rings. The van der Waals surface area contributed by atoms with Gasteiger partial charge in [0.2, 0.25) is 11.8 Å². The van der Waals surface area contributed by atoms with Gasteiger partial charge in [-0.3, -0.25) is 24.6 Å². The third kappa shape index (κ3) is 4.14. The van der Waals surface area contributed by atoms with Gasteiger partial charge >= 0.3 is 0 Å². The highest BCUT2D eigenvalue weighted by Crippen LogP contribution is 2.31. The van der Waals surface area contributed by atoms with E-state index in [-0.39, 0.29) is 24.1 Å². The third-order valence-corrected chi connectivity index (χ3v) is 6.67. The van der Waals surface area contributed by atoms with E-state index in [0.29, 0.717) is 25.0 Å². The molecule has 0 aliphatic carbocycles. The van der Waals surface area contributed by atoms with Gasteiger partial charge in [-0.25, -0.2) is 0 Å². The maximum absolute atomic E-state index is 13.4. The fourth-order valence-electron chi connectivity index (χ4n) is 5.08. The lowest BCUT2D eigenvalue weighted by Crippen LogP contribution is -2.52. The zero-order valence-electron chi connectivity index (χ0n) is 17.9. The summed E-state index contributed by atoms with van der Waals surface area (Å²) >= 11 is 0. The Morgan fingerprint density at radius 1 is 1.13 bits per heavy atom. The van der Waals surface area contributed by atoms with Crippen LogP contribution in [0.25, 0.3) is 0 Å². The fraction of sp³-hybridized carbons (Fsp3) is 0.609. The quantitative estimate of drug-likeness (QED) is 0.721. The summed E-state index contributed by atoms with van der Waals surface area (Å²) in [6.45, 7) is 7.72. The second-order valence-corrected chi connectivity index (χ2v) is 8.95. The minimum Gasteiger partial charge on any atom is -0.322 e. The molecule has 7 heteroatoms. The third-order valence-electron chi connectivity index (χ3n) is 6.67. The number of nitrogens with zero attached hydrogens (tertiary/aromatic N) is 2. The first-order chi connectivity index (χ1) is 14.5. The topological polar surface area (TPSA) is 81.8 Å². The van der Waals surface area contributed by atoms with Gasteiger partial charge in [-0.05, 0) is 63.7 Å². The number of nitrogens with one attached hydrogen (secondary N) is 2. The van der Waals surface area contributed by atoms with Crippen molar-refractivity contribution in [1.82, 2.24) is 20.4 Å². The lowest BCUT2D eigenvalue weighted by molar-refractivity contribution is -0.136. The summed E-state index contributed by atoms with van der Waals surface area (Å²) in [6, 6.07) is 6.37. The van der Waals surface area contributed by atoms with Gasteiger partial charge in [0, 0.05) is 37.2 Å². The average Bonchev–Trinajstić information content (AvgIpc) is 2.88. The molecule has 7 nitrogen and oxygen atoms in total. The Hall–Kier alpha value is -2.25. The van der Waals surface area contributed by atoms with Gasteiger partial charge in [-0.2, -0.15) is 0 Å². The van der Waals surface area contributed by atoms with Crippen LogP contribution >= 0.6 is 0 Å². The Bertz CT molecular complexity index is 830. The highest BCUT2D eigenvalue weighted by Gasteiger charge is 2.40. The Morgan fingerprint density at radius 2 is 1.97 bits per heavy atom. The lowest BCUT2D eigenvalue weighted by Gasteiger charge is -2.35. The minimum absolute atomic E-state index is 0.0821. The van der Waals surface area contributed by atoms with Crippen molar-refractivity contribution in [2.75, 3.05) is 13.1 Å². The van der Waals surface area contributed by atoms with E-state index in [1.807, 2.05) is 12.1 Å². The summed E-state index contributed by atoms with van der Waals surface area (Å²) < 4.78 is 0. The molecule has 2 fully saturated rings. The van der Waals surface area contributed by atoms with Gasteiger partial charge in [0.25, 0.3) is 5.91 Å². The van der Waals surface area contributed by atoms with E-state index < -0.39 is 6.04 Å². The van der Waals surface area contributed by atoms with Crippen LogP contribution in [0.15, 0.2) is 18.2 Å². The number of piperidine rings is 1. The fourth-order valence-corrected chi connectivity index (χ4v) is 5.08. The maximum Gasteiger partial charge on any atom is 0.255 e. The van der Waals surface area contributed by atoms with Crippen molar-refractivity contribution in [3.05, 3.63) is 34.9 Å². The molecule has 2 saturated heterocycles. The predicted molar refractivity (Wildman–Crippen MR) is 114 cm³/mol. The van der Waals surface area contributed by atoms with Gasteiger partial charge in [0.05, 0.1) is 0 Å². The number of fused-ring (bicyclic) bond motifs is 1. The molecule has 0 radical (unpaired) electrons. The standard InChI is InChI=1S/C23H32N4O3/c1-15(2)26(18-7-4-11-24-12-10-18)13-16-5-3-6-17-14-27(23(30)21(16)17)19-8-9-20(28)25-22(19)29/h3,5-6,15,18-19,24H,4,7-14H2,1-2H3,(H,25,28,29). The van der Waals surface area contributed by atoms with Crippen molar-refractivity contribution < 1.29 is 14.4 Å². The van der Waals surface area contributed by atoms with Gasteiger partial charge in [-0.1, -0.05) is 18.2 Å². The zero-order valence-corrected chi connectivity index (χ0v) is 17.9. The van der Waals surface area contributed by atoms with Crippen molar-refractivity contribution >= 4 is 17.7 Å². The number of amides is 3. The molecule has 30 heavy (non-hydrogen) atoms. The molecule has 0 aromatic heterocycles. The maximum atomic E-state index is 13.4. The van der Waals surface area contributed by atoms with Crippen molar-refractivity contribution in [2.45, 2.75) is 77.2 Å². The Balaban J connectivity index is 1.56. The molecule has 4 rings (SSSR count). The zero-order chi connectivity index (χ0) is 21.3. The number of rotatable bonds is 5. The Morgan fingerprint density at radius 3 is 2.73 bits per heavy atom. The van der Waals surface area contributed by atoms with Crippen LogP contribution in [0.5, 0.6) is 0 Å². The van der Waals surface area contributed by atoms with Crippen molar-refractivity contribution in [3.63, 3.8) is 0 Å². The van der Waals surface area contributed by atoms with E-state index in [1.165, 1.54) is 6.42 Å². The van der Waals surface area contributed by atoms with E-state index >= 15 is 0 Å². The van der Waals surface area contributed by atoms with Crippen LogP contribution in [0.4, 0.5) is 0 Å². The molecule has 1 aromatic carbocycles. The number of carbonyl (C=O) groups is 3. The number of carbonyl (C=O) groups excluding carboxylic acids is 3. The molecule has 3 aliphatic heterocycles. The Labute approximate surface area is 178 Å². The smallest absolute Gasteiger partial charge is 0.255 e. The lowest BCUT2D eigenvalue weighted by atomic mass is 9.99. The average molecular weight is 413 g/mol. The van der Waals surface area contributed by atoms with Gasteiger partial charge in [0.1, 0.15) is 6.04 Å². The van der Waals surface area contributed by atoms with Crippen LogP contribution in [-0.4, -0.2) is 58.7 Å². The second kappa shape index (κ2) is 8.86. The van der Waals surface area contributed by atoms with Crippen LogP contribution in [-0.2, 0) is 22.7 Å². The molecule has 3 aliphatic rings. The number of benzene rings is 1. The van der Waals surface area contributed by atoms with Crippen molar-refractivity contribution in [2.24, 2.45) is 0 Å². The molecule has 0 bridgehead atoms. The molecule has 3 amide bonds. The van der Waals surface area contributed by atoms with Gasteiger partial charge in [-0.15, -0.1) is 0 Å². The summed E-state index contributed by atoms with van der Waals surface area (Å²) in [4.78, 5) is 41.4. The molecule has 0 saturated carbocycles. The molecule has 162 valence electrons. The first kappa shape index (κ1) is 21.0. The largest absolute Gasteiger partial charge is 0.322 e. The highest BCUT2D eigenvalue weighted by atomic mass is 16.2. The Kier molecular flexibility index (Phi) is 6.20. The summed E-state index contributed by atoms with van der Waals surface area (Å²) in [5, 5.41) is 5.86. The summed E-state index contributed by atoms with van der Waals surface area (Å²) in [5.41, 5.74) is 2.77. The van der Waals surface area contributed by atoms with E-state index in [2.05, 4.69) is 35.4 Å². The molecule has 2 atom stereocenters. The number of imide groups is 1. The first-order valence-corrected chi connectivity index (χ1v) is 11.2. The van der Waals surface area contributed by atoms with E-state index in [4.69, 9.17) is 0 Å². The van der Waals surface area contributed by atoms with Crippen LogP contribution < -0.4 is 10.6 Å². The number of hydrogen-bond acceptors (Lipinski definition) is 5. The normalized spacial score (nSPS) is 24.9. The SMILES string of the molecule is CC(C)N(Cc1cccc2c1C(=O)N(C1CCC(=O)NC1=O)C2)C1CCCNCC1. The van der Waals surface area contributed by atoms with E-state index in [9.17, 15) is 14.4 Å². The highest BCUT2D eigenvalue weighted by molar-refractivity contribution is 6.05. The van der Waals surface area contributed by atoms with Crippen molar-refractivity contribution in [3.8, 4) is 0 Å². The van der Waals surface area contributed by atoms with E-state index in [0.717, 1.165) is 49.2 Å². The summed E-state index contributed by atoms with van der Waals surface area (Å²) in [5.74, 6) is -0.698. The first-order valence-electron chi connectivity index (χ1n) is 11.2. The van der Waals surface area contributed by atoms with Crippen molar-refractivity contribution in [1.29, 1.82) is 0 Å². The van der Waals surface area contributed by atoms with Crippen LogP contribution in [0.3, 0.4) is 0 Å².